The van der Waals surface area contributed by atoms with E-state index in [9.17, 15) is 4.39 Å². The van der Waals surface area contributed by atoms with E-state index in [1.807, 2.05) is 19.2 Å². The lowest BCUT2D eigenvalue weighted by molar-refractivity contribution is 0.296. The van der Waals surface area contributed by atoms with Crippen molar-refractivity contribution in [3.63, 3.8) is 0 Å². The molecule has 0 amide bonds. The normalized spacial score (nSPS) is 9.88. The quantitative estimate of drug-likeness (QED) is 0.594. The molecule has 0 heterocycles. The minimum atomic E-state index is -0.256. The van der Waals surface area contributed by atoms with Crippen LogP contribution in [0.4, 0.5) is 4.39 Å². The van der Waals surface area contributed by atoms with Crippen LogP contribution in [0.3, 0.4) is 0 Å². The highest BCUT2D eigenvalue weighted by Gasteiger charge is 2.07. The third-order valence-corrected chi connectivity index (χ3v) is 3.69. The predicted octanol–water partition coefficient (Wildman–Crippen LogP) is 4.60. The highest BCUT2D eigenvalue weighted by atomic mass is 35.5. The summed E-state index contributed by atoms with van der Waals surface area (Å²) in [4.78, 5) is 0. The van der Waals surface area contributed by atoms with Crippen molar-refractivity contribution in [3.8, 4) is 5.75 Å². The SMILES string of the molecule is CNCCCNCc1cc(Cl)ccc1OCc1ccccc1F.Cl.Cl. The van der Waals surface area contributed by atoms with Crippen molar-refractivity contribution in [2.45, 2.75) is 19.6 Å². The molecule has 0 unspecified atom stereocenters. The van der Waals surface area contributed by atoms with Crippen molar-refractivity contribution in [2.24, 2.45) is 0 Å². The molecular formula is C18H24Cl3FN2O. The number of halogens is 4. The Balaban J connectivity index is 0.00000288. The van der Waals surface area contributed by atoms with E-state index in [-0.39, 0.29) is 37.2 Å². The van der Waals surface area contributed by atoms with E-state index in [2.05, 4.69) is 10.6 Å². The molecule has 0 aliphatic rings. The number of ether oxygens (including phenoxy) is 1. The van der Waals surface area contributed by atoms with E-state index in [1.54, 1.807) is 24.3 Å². The first kappa shape index (κ1) is 24.0. The maximum Gasteiger partial charge on any atom is 0.129 e. The summed E-state index contributed by atoms with van der Waals surface area (Å²) in [7, 11) is 1.94. The third-order valence-electron chi connectivity index (χ3n) is 3.46. The van der Waals surface area contributed by atoms with Crippen LogP contribution < -0.4 is 15.4 Å². The van der Waals surface area contributed by atoms with Crippen molar-refractivity contribution < 1.29 is 9.13 Å². The Morgan fingerprint density at radius 3 is 2.52 bits per heavy atom. The maximum absolute atomic E-state index is 13.7. The Morgan fingerprint density at radius 1 is 1.04 bits per heavy atom. The molecule has 7 heteroatoms. The predicted molar refractivity (Wildman–Crippen MR) is 107 cm³/mol. The standard InChI is InChI=1S/C18H22ClFN2O.2ClH/c1-21-9-4-10-22-12-15-11-16(19)7-8-18(15)23-13-14-5-2-3-6-17(14)20;;/h2-3,5-8,11,21-22H,4,9-10,12-13H2,1H3;2*1H. The average molecular weight is 410 g/mol. The lowest BCUT2D eigenvalue weighted by atomic mass is 10.2. The molecule has 2 aromatic rings. The molecule has 0 fully saturated rings. The zero-order chi connectivity index (χ0) is 16.5. The highest BCUT2D eigenvalue weighted by molar-refractivity contribution is 6.30. The van der Waals surface area contributed by atoms with E-state index in [0.717, 1.165) is 30.8 Å². The molecule has 0 saturated heterocycles. The van der Waals surface area contributed by atoms with Gasteiger partial charge >= 0.3 is 0 Å². The van der Waals surface area contributed by atoms with Gasteiger partial charge in [0.1, 0.15) is 18.2 Å². The van der Waals surface area contributed by atoms with Gasteiger partial charge in [-0.05, 0) is 50.8 Å². The Kier molecular flexibility index (Phi) is 12.7. The summed E-state index contributed by atoms with van der Waals surface area (Å²) in [6, 6.07) is 12.1. The monoisotopic (exact) mass is 408 g/mol. The van der Waals surface area contributed by atoms with Crippen molar-refractivity contribution in [1.82, 2.24) is 10.6 Å². The second-order valence-corrected chi connectivity index (χ2v) is 5.70. The first-order valence-electron chi connectivity index (χ1n) is 7.70. The van der Waals surface area contributed by atoms with Crippen LogP contribution in [0.25, 0.3) is 0 Å². The summed E-state index contributed by atoms with van der Waals surface area (Å²) in [5.41, 5.74) is 1.51. The molecule has 0 aromatic heterocycles. The minimum absolute atomic E-state index is 0. The lowest BCUT2D eigenvalue weighted by Gasteiger charge is -2.13. The van der Waals surface area contributed by atoms with E-state index in [0.29, 0.717) is 17.1 Å². The topological polar surface area (TPSA) is 33.3 Å². The molecular weight excluding hydrogens is 386 g/mol. The molecule has 140 valence electrons. The molecule has 0 bridgehead atoms. The van der Waals surface area contributed by atoms with Crippen LogP contribution in [-0.2, 0) is 13.2 Å². The molecule has 2 rings (SSSR count). The first-order chi connectivity index (χ1) is 11.2. The summed E-state index contributed by atoms with van der Waals surface area (Å²) in [5.74, 6) is 0.465. The molecule has 0 saturated carbocycles. The molecule has 0 atom stereocenters. The van der Waals surface area contributed by atoms with E-state index in [4.69, 9.17) is 16.3 Å². The molecule has 0 aliphatic heterocycles. The van der Waals surface area contributed by atoms with Crippen LogP contribution in [0.1, 0.15) is 17.5 Å². The highest BCUT2D eigenvalue weighted by Crippen LogP contribution is 2.24. The second kappa shape index (κ2) is 13.2. The Bertz CT molecular complexity index is 629. The minimum Gasteiger partial charge on any atom is -0.488 e. The largest absolute Gasteiger partial charge is 0.488 e. The molecule has 0 radical (unpaired) electrons. The number of nitrogens with one attached hydrogen (secondary N) is 2. The van der Waals surface area contributed by atoms with E-state index >= 15 is 0 Å². The number of rotatable bonds is 9. The van der Waals surface area contributed by atoms with Crippen molar-refractivity contribution in [3.05, 3.63) is 64.4 Å². The number of hydrogen-bond acceptors (Lipinski definition) is 3. The zero-order valence-corrected chi connectivity index (χ0v) is 16.4. The van der Waals surface area contributed by atoms with Crippen LogP contribution in [0.15, 0.2) is 42.5 Å². The van der Waals surface area contributed by atoms with Gasteiger partial charge in [0, 0.05) is 22.7 Å². The van der Waals surface area contributed by atoms with Gasteiger partial charge in [0.15, 0.2) is 0 Å². The number of benzene rings is 2. The van der Waals surface area contributed by atoms with Gasteiger partial charge in [-0.3, -0.25) is 0 Å². The Hall–Kier alpha value is -1.04. The molecule has 2 N–H and O–H groups in total. The fourth-order valence-corrected chi connectivity index (χ4v) is 2.41. The van der Waals surface area contributed by atoms with Gasteiger partial charge in [0.05, 0.1) is 0 Å². The van der Waals surface area contributed by atoms with Gasteiger partial charge in [0.2, 0.25) is 0 Å². The van der Waals surface area contributed by atoms with Crippen molar-refractivity contribution in [1.29, 1.82) is 0 Å². The van der Waals surface area contributed by atoms with E-state index < -0.39 is 0 Å². The smallest absolute Gasteiger partial charge is 0.129 e. The van der Waals surface area contributed by atoms with Crippen LogP contribution in [0, 0.1) is 5.82 Å². The summed E-state index contributed by atoms with van der Waals surface area (Å²) >= 11 is 6.07. The Morgan fingerprint density at radius 2 is 1.80 bits per heavy atom. The third kappa shape index (κ3) is 8.25. The second-order valence-electron chi connectivity index (χ2n) is 5.27. The fourth-order valence-electron chi connectivity index (χ4n) is 2.21. The van der Waals surface area contributed by atoms with Gasteiger partial charge in [-0.1, -0.05) is 29.8 Å². The van der Waals surface area contributed by atoms with Gasteiger partial charge in [-0.15, -0.1) is 24.8 Å². The van der Waals surface area contributed by atoms with Crippen LogP contribution in [0.2, 0.25) is 5.02 Å². The summed E-state index contributed by atoms with van der Waals surface area (Å²) in [6.07, 6.45) is 1.04. The van der Waals surface area contributed by atoms with Crippen molar-refractivity contribution >= 4 is 36.4 Å². The molecule has 2 aromatic carbocycles. The molecule has 25 heavy (non-hydrogen) atoms. The summed E-state index contributed by atoms with van der Waals surface area (Å²) in [6.45, 7) is 2.73. The fraction of sp³-hybridized carbons (Fsp3) is 0.333. The van der Waals surface area contributed by atoms with Gasteiger partial charge in [0.25, 0.3) is 0 Å². The molecule has 3 nitrogen and oxygen atoms in total. The molecule has 0 spiro atoms. The van der Waals surface area contributed by atoms with Crippen LogP contribution in [-0.4, -0.2) is 20.1 Å². The molecule has 0 aliphatic carbocycles. The first-order valence-corrected chi connectivity index (χ1v) is 8.08. The van der Waals surface area contributed by atoms with Gasteiger partial charge in [-0.2, -0.15) is 0 Å². The average Bonchev–Trinajstić information content (AvgIpc) is 2.55. The van der Waals surface area contributed by atoms with Crippen LogP contribution >= 0.6 is 36.4 Å². The van der Waals surface area contributed by atoms with Gasteiger partial charge in [-0.25, -0.2) is 4.39 Å². The number of hydrogen-bond donors (Lipinski definition) is 2. The van der Waals surface area contributed by atoms with Gasteiger partial charge < -0.3 is 15.4 Å². The summed E-state index contributed by atoms with van der Waals surface area (Å²) in [5, 5.41) is 7.13. The van der Waals surface area contributed by atoms with Crippen LogP contribution in [0.5, 0.6) is 5.75 Å². The Labute approximate surface area is 166 Å². The zero-order valence-electron chi connectivity index (χ0n) is 14.1. The van der Waals surface area contributed by atoms with Crippen molar-refractivity contribution in [2.75, 3.05) is 20.1 Å². The summed E-state index contributed by atoms with van der Waals surface area (Å²) < 4.78 is 19.4. The van der Waals surface area contributed by atoms with E-state index in [1.165, 1.54) is 6.07 Å². The lowest BCUT2D eigenvalue weighted by Crippen LogP contribution is -2.19. The maximum atomic E-state index is 13.7.